The van der Waals surface area contributed by atoms with E-state index in [0.717, 1.165) is 44.9 Å². The Hall–Kier alpha value is -0.150. The van der Waals surface area contributed by atoms with E-state index in [2.05, 4.69) is 10.2 Å². The lowest BCUT2D eigenvalue weighted by molar-refractivity contribution is 0.0530. The fourth-order valence-corrected chi connectivity index (χ4v) is 2.69. The molecule has 2 saturated heterocycles. The maximum atomic E-state index is 13.7. The van der Waals surface area contributed by atoms with Crippen LogP contribution in [0.3, 0.4) is 0 Å². The van der Waals surface area contributed by atoms with Crippen LogP contribution in [0.2, 0.25) is 0 Å². The number of alkyl halides is 1. The fourth-order valence-electron chi connectivity index (χ4n) is 2.69. The first-order valence-corrected chi connectivity index (χ1v) is 5.78. The zero-order valence-corrected chi connectivity index (χ0v) is 9.06. The molecule has 14 heavy (non-hydrogen) atoms. The van der Waals surface area contributed by atoms with Gasteiger partial charge in [0.05, 0.1) is 0 Å². The van der Waals surface area contributed by atoms with Gasteiger partial charge in [-0.3, -0.25) is 4.90 Å². The molecule has 2 aliphatic rings. The summed E-state index contributed by atoms with van der Waals surface area (Å²) in [5, 5.41) is 3.36. The number of likely N-dealkylation sites (tertiary alicyclic amines) is 1. The number of hydrogen-bond donors (Lipinski definition) is 1. The van der Waals surface area contributed by atoms with Crippen LogP contribution >= 0.6 is 0 Å². The normalized spacial score (nSPS) is 40.3. The predicted octanol–water partition coefficient (Wildman–Crippen LogP) is 1.42. The van der Waals surface area contributed by atoms with Crippen LogP contribution in [0.5, 0.6) is 0 Å². The topological polar surface area (TPSA) is 15.3 Å². The van der Waals surface area contributed by atoms with Crippen molar-refractivity contribution < 1.29 is 4.39 Å². The van der Waals surface area contributed by atoms with Crippen LogP contribution in [-0.2, 0) is 0 Å². The molecule has 0 bridgehead atoms. The van der Waals surface area contributed by atoms with Crippen molar-refractivity contribution >= 4 is 0 Å². The van der Waals surface area contributed by atoms with Gasteiger partial charge in [0.2, 0.25) is 0 Å². The highest BCUT2D eigenvalue weighted by Crippen LogP contribution is 2.25. The summed E-state index contributed by atoms with van der Waals surface area (Å²) in [6.07, 6.45) is 3.03. The second kappa shape index (κ2) is 4.15. The third-order valence-electron chi connectivity index (χ3n) is 3.40. The highest BCUT2D eigenvalue weighted by atomic mass is 19.1. The fraction of sp³-hybridized carbons (Fsp3) is 1.00. The van der Waals surface area contributed by atoms with E-state index in [4.69, 9.17) is 0 Å². The van der Waals surface area contributed by atoms with Crippen molar-refractivity contribution in [3.8, 4) is 0 Å². The molecule has 82 valence electrons. The van der Waals surface area contributed by atoms with Crippen LogP contribution in [0, 0.1) is 5.92 Å². The van der Waals surface area contributed by atoms with E-state index in [-0.39, 0.29) is 0 Å². The van der Waals surface area contributed by atoms with Gasteiger partial charge in [-0.25, -0.2) is 4.39 Å². The number of halogens is 1. The number of nitrogens with one attached hydrogen (secondary N) is 1. The number of piperidine rings is 1. The highest BCUT2D eigenvalue weighted by Gasteiger charge is 2.31. The molecule has 0 aromatic rings. The smallest absolute Gasteiger partial charge is 0.120 e. The van der Waals surface area contributed by atoms with E-state index in [0.29, 0.717) is 6.54 Å². The number of hydrogen-bond acceptors (Lipinski definition) is 2. The SMILES string of the molecule is CC1(F)CCCN(CC2CCNC2)C1. The Morgan fingerprint density at radius 2 is 2.43 bits per heavy atom. The highest BCUT2D eigenvalue weighted by molar-refractivity contribution is 4.85. The van der Waals surface area contributed by atoms with Crippen LogP contribution in [-0.4, -0.2) is 43.3 Å². The van der Waals surface area contributed by atoms with E-state index < -0.39 is 5.67 Å². The molecule has 0 aromatic carbocycles. The van der Waals surface area contributed by atoms with Crippen LogP contribution in [0.1, 0.15) is 26.2 Å². The molecule has 0 saturated carbocycles. The van der Waals surface area contributed by atoms with Gasteiger partial charge in [0.1, 0.15) is 5.67 Å². The minimum absolute atomic E-state index is 0.642. The summed E-state index contributed by atoms with van der Waals surface area (Å²) in [4.78, 5) is 2.31. The minimum atomic E-state index is -0.940. The largest absolute Gasteiger partial charge is 0.316 e. The van der Waals surface area contributed by atoms with Crippen molar-refractivity contribution in [2.24, 2.45) is 5.92 Å². The third kappa shape index (κ3) is 2.67. The van der Waals surface area contributed by atoms with Crippen molar-refractivity contribution in [1.82, 2.24) is 10.2 Å². The van der Waals surface area contributed by atoms with Crippen molar-refractivity contribution in [2.75, 3.05) is 32.7 Å². The van der Waals surface area contributed by atoms with Crippen LogP contribution in [0.25, 0.3) is 0 Å². The Balaban J connectivity index is 1.79. The zero-order chi connectivity index (χ0) is 10.0. The summed E-state index contributed by atoms with van der Waals surface area (Å²) < 4.78 is 13.7. The Morgan fingerprint density at radius 1 is 1.57 bits per heavy atom. The first-order chi connectivity index (χ1) is 6.66. The summed E-state index contributed by atoms with van der Waals surface area (Å²) in [7, 11) is 0. The standard InChI is InChI=1S/C11H21FN2/c1-11(12)4-2-6-14(9-11)8-10-3-5-13-7-10/h10,13H,2-9H2,1H3. The van der Waals surface area contributed by atoms with Crippen LogP contribution in [0.15, 0.2) is 0 Å². The lowest BCUT2D eigenvalue weighted by Crippen LogP contribution is -2.45. The Labute approximate surface area is 85.9 Å². The summed E-state index contributed by atoms with van der Waals surface area (Å²) >= 11 is 0. The van der Waals surface area contributed by atoms with Crippen LogP contribution in [0.4, 0.5) is 4.39 Å². The zero-order valence-electron chi connectivity index (χ0n) is 9.06. The van der Waals surface area contributed by atoms with E-state index >= 15 is 0 Å². The summed E-state index contributed by atoms with van der Waals surface area (Å²) in [5.41, 5.74) is -0.940. The van der Waals surface area contributed by atoms with Crippen molar-refractivity contribution in [3.63, 3.8) is 0 Å². The lowest BCUT2D eigenvalue weighted by Gasteiger charge is -2.36. The molecule has 0 aromatic heterocycles. The molecular formula is C11H21FN2. The molecular weight excluding hydrogens is 179 g/mol. The first kappa shape index (κ1) is 10.4. The third-order valence-corrected chi connectivity index (χ3v) is 3.40. The van der Waals surface area contributed by atoms with Gasteiger partial charge >= 0.3 is 0 Å². The molecule has 2 nitrogen and oxygen atoms in total. The quantitative estimate of drug-likeness (QED) is 0.725. The molecule has 2 unspecified atom stereocenters. The second-order valence-corrected chi connectivity index (χ2v) is 5.11. The number of rotatable bonds is 2. The summed E-state index contributed by atoms with van der Waals surface area (Å²) in [6.45, 7) is 6.84. The van der Waals surface area contributed by atoms with Gasteiger partial charge in [-0.05, 0) is 51.7 Å². The molecule has 2 rings (SSSR count). The molecule has 2 atom stereocenters. The van der Waals surface area contributed by atoms with Gasteiger partial charge < -0.3 is 5.32 Å². The average Bonchev–Trinajstić information content (AvgIpc) is 2.54. The molecule has 2 heterocycles. The van der Waals surface area contributed by atoms with Crippen LogP contribution < -0.4 is 5.32 Å². The molecule has 2 fully saturated rings. The molecule has 0 amide bonds. The summed E-state index contributed by atoms with van der Waals surface area (Å²) in [5.74, 6) is 0.754. The monoisotopic (exact) mass is 200 g/mol. The Morgan fingerprint density at radius 3 is 3.07 bits per heavy atom. The van der Waals surface area contributed by atoms with E-state index in [1.807, 2.05) is 0 Å². The van der Waals surface area contributed by atoms with Gasteiger partial charge in [0, 0.05) is 13.1 Å². The van der Waals surface area contributed by atoms with Gasteiger partial charge in [0.15, 0.2) is 0 Å². The second-order valence-electron chi connectivity index (χ2n) is 5.11. The minimum Gasteiger partial charge on any atom is -0.316 e. The summed E-state index contributed by atoms with van der Waals surface area (Å²) in [6, 6.07) is 0. The molecule has 0 radical (unpaired) electrons. The van der Waals surface area contributed by atoms with Gasteiger partial charge in [-0.2, -0.15) is 0 Å². The number of nitrogens with zero attached hydrogens (tertiary/aromatic N) is 1. The van der Waals surface area contributed by atoms with Gasteiger partial charge in [-0.1, -0.05) is 0 Å². The van der Waals surface area contributed by atoms with Gasteiger partial charge in [-0.15, -0.1) is 0 Å². The molecule has 2 aliphatic heterocycles. The molecule has 0 spiro atoms. The Kier molecular flexibility index (Phi) is 3.07. The molecule has 0 aliphatic carbocycles. The average molecular weight is 200 g/mol. The van der Waals surface area contributed by atoms with Crippen molar-refractivity contribution in [2.45, 2.75) is 31.9 Å². The van der Waals surface area contributed by atoms with E-state index in [1.165, 1.54) is 6.42 Å². The van der Waals surface area contributed by atoms with Crippen molar-refractivity contribution in [1.29, 1.82) is 0 Å². The van der Waals surface area contributed by atoms with Crippen molar-refractivity contribution in [3.05, 3.63) is 0 Å². The van der Waals surface area contributed by atoms with Gasteiger partial charge in [0.25, 0.3) is 0 Å². The molecule has 3 heteroatoms. The first-order valence-electron chi connectivity index (χ1n) is 5.78. The lowest BCUT2D eigenvalue weighted by atomic mass is 9.96. The predicted molar refractivity (Wildman–Crippen MR) is 56.2 cm³/mol. The van der Waals surface area contributed by atoms with E-state index in [1.54, 1.807) is 6.92 Å². The Bertz CT molecular complexity index is 188. The maximum Gasteiger partial charge on any atom is 0.120 e. The van der Waals surface area contributed by atoms with E-state index in [9.17, 15) is 4.39 Å². The molecule has 1 N–H and O–H groups in total. The maximum absolute atomic E-state index is 13.7.